The van der Waals surface area contributed by atoms with Crippen molar-refractivity contribution in [1.29, 1.82) is 0 Å². The van der Waals surface area contributed by atoms with Crippen LogP contribution in [0.15, 0.2) is 11.3 Å². The Balaban J connectivity index is 1.83. The van der Waals surface area contributed by atoms with Gasteiger partial charge in [-0.2, -0.15) is 11.8 Å². The van der Waals surface area contributed by atoms with Crippen molar-refractivity contribution in [3.8, 4) is 0 Å². The Morgan fingerprint density at radius 2 is 2.44 bits per heavy atom. The molecule has 4 heteroatoms. The van der Waals surface area contributed by atoms with E-state index in [1.54, 1.807) is 11.8 Å². The molecule has 0 aromatic carbocycles. The number of thioether (sulfide) groups is 1. The second-order valence-corrected chi connectivity index (χ2v) is 5.63. The van der Waals surface area contributed by atoms with Gasteiger partial charge in [-0.25, -0.2) is 4.79 Å². The van der Waals surface area contributed by atoms with Crippen molar-refractivity contribution in [2.24, 2.45) is 11.7 Å². The number of nitrogens with two attached hydrogens (primary N) is 1. The van der Waals surface area contributed by atoms with Gasteiger partial charge in [0.1, 0.15) is 11.8 Å². The summed E-state index contributed by atoms with van der Waals surface area (Å²) in [6.45, 7) is 0. The molecule has 0 spiro atoms. The van der Waals surface area contributed by atoms with E-state index >= 15 is 0 Å². The maximum Gasteiger partial charge on any atom is 0.328 e. The zero-order chi connectivity index (χ0) is 11.5. The van der Waals surface area contributed by atoms with Gasteiger partial charge in [-0.05, 0) is 49.2 Å². The molecule has 0 aromatic heterocycles. The number of fused-ring (bicyclic) bond motifs is 2. The number of hydrogen-bond acceptors (Lipinski definition) is 4. The third-order valence-corrected chi connectivity index (χ3v) is 4.06. The topological polar surface area (TPSA) is 52.3 Å². The predicted molar refractivity (Wildman–Crippen MR) is 66.1 cm³/mol. The highest BCUT2D eigenvalue weighted by Crippen LogP contribution is 2.44. The first-order chi connectivity index (χ1) is 7.70. The van der Waals surface area contributed by atoms with E-state index in [0.717, 1.165) is 36.7 Å². The molecule has 3 nitrogen and oxygen atoms in total. The van der Waals surface area contributed by atoms with Gasteiger partial charge in [0.2, 0.25) is 0 Å². The number of esters is 1. The molecule has 1 saturated carbocycles. The molecule has 2 atom stereocenters. The molecule has 90 valence electrons. The van der Waals surface area contributed by atoms with Gasteiger partial charge in [0.05, 0.1) is 0 Å². The summed E-state index contributed by atoms with van der Waals surface area (Å²) in [4.78, 5) is 11.7. The first kappa shape index (κ1) is 12.0. The second-order valence-electron chi connectivity index (χ2n) is 4.65. The molecule has 0 amide bonds. The van der Waals surface area contributed by atoms with Crippen LogP contribution in [0.25, 0.3) is 0 Å². The van der Waals surface area contributed by atoms with E-state index < -0.39 is 6.04 Å². The van der Waals surface area contributed by atoms with Crippen LogP contribution in [0.4, 0.5) is 0 Å². The van der Waals surface area contributed by atoms with Crippen molar-refractivity contribution in [3.63, 3.8) is 0 Å². The number of hydrogen-bond donors (Lipinski definition) is 1. The molecule has 2 rings (SSSR count). The van der Waals surface area contributed by atoms with Crippen LogP contribution in [0, 0.1) is 5.92 Å². The van der Waals surface area contributed by atoms with E-state index in [0.29, 0.717) is 6.42 Å². The van der Waals surface area contributed by atoms with Crippen LogP contribution in [0.2, 0.25) is 0 Å². The molecule has 0 saturated heterocycles. The Labute approximate surface area is 101 Å². The predicted octanol–water partition coefficient (Wildman–Crippen LogP) is 2.07. The van der Waals surface area contributed by atoms with Gasteiger partial charge in [-0.1, -0.05) is 0 Å². The van der Waals surface area contributed by atoms with E-state index in [9.17, 15) is 4.79 Å². The van der Waals surface area contributed by atoms with Gasteiger partial charge >= 0.3 is 5.97 Å². The first-order valence-electron chi connectivity index (χ1n) is 5.87. The molecule has 1 unspecified atom stereocenters. The van der Waals surface area contributed by atoms with Crippen molar-refractivity contribution in [2.45, 2.75) is 38.1 Å². The SMILES string of the molecule is CSCC[C@H](N)C(=O)OC1=C2CCC(C2)C1. The highest BCUT2D eigenvalue weighted by atomic mass is 32.2. The molecule has 16 heavy (non-hydrogen) atoms. The van der Waals surface area contributed by atoms with Gasteiger partial charge in [-0.15, -0.1) is 0 Å². The number of rotatable bonds is 5. The zero-order valence-corrected chi connectivity index (χ0v) is 10.5. The van der Waals surface area contributed by atoms with Crippen molar-refractivity contribution in [2.75, 3.05) is 12.0 Å². The Morgan fingerprint density at radius 1 is 1.62 bits per heavy atom. The quantitative estimate of drug-likeness (QED) is 0.749. The molecule has 2 bridgehead atoms. The lowest BCUT2D eigenvalue weighted by Gasteiger charge is -2.15. The van der Waals surface area contributed by atoms with Crippen LogP contribution >= 0.6 is 11.8 Å². The molecular weight excluding hydrogens is 222 g/mol. The Hall–Kier alpha value is -0.480. The maximum atomic E-state index is 11.7. The summed E-state index contributed by atoms with van der Waals surface area (Å²) in [6, 6.07) is -0.459. The number of carbonyl (C=O) groups is 1. The lowest BCUT2D eigenvalue weighted by Crippen LogP contribution is -2.32. The van der Waals surface area contributed by atoms with Crippen LogP contribution < -0.4 is 5.73 Å². The van der Waals surface area contributed by atoms with E-state index in [-0.39, 0.29) is 5.97 Å². The lowest BCUT2D eigenvalue weighted by molar-refractivity contribution is -0.141. The van der Waals surface area contributed by atoms with E-state index in [1.165, 1.54) is 12.0 Å². The second kappa shape index (κ2) is 5.23. The average molecular weight is 241 g/mol. The molecule has 0 aromatic rings. The summed E-state index contributed by atoms with van der Waals surface area (Å²) in [5.74, 6) is 2.33. The van der Waals surface area contributed by atoms with Crippen LogP contribution in [0.3, 0.4) is 0 Å². The first-order valence-corrected chi connectivity index (χ1v) is 7.27. The van der Waals surface area contributed by atoms with Crippen LogP contribution in [0.5, 0.6) is 0 Å². The van der Waals surface area contributed by atoms with Crippen molar-refractivity contribution in [1.82, 2.24) is 0 Å². The average Bonchev–Trinajstić information content (AvgIpc) is 2.87. The van der Waals surface area contributed by atoms with Crippen LogP contribution in [0.1, 0.15) is 32.1 Å². The summed E-state index contributed by atoms with van der Waals surface area (Å²) in [6.07, 6.45) is 7.20. The minimum Gasteiger partial charge on any atom is -0.430 e. The summed E-state index contributed by atoms with van der Waals surface area (Å²) in [7, 11) is 0. The van der Waals surface area contributed by atoms with E-state index in [1.807, 2.05) is 6.26 Å². The summed E-state index contributed by atoms with van der Waals surface area (Å²) in [5, 5.41) is 0. The van der Waals surface area contributed by atoms with Gasteiger partial charge in [0, 0.05) is 6.42 Å². The largest absolute Gasteiger partial charge is 0.430 e. The van der Waals surface area contributed by atoms with Gasteiger partial charge in [0.15, 0.2) is 0 Å². The molecular formula is C12H19NO2S. The van der Waals surface area contributed by atoms with Crippen LogP contribution in [-0.4, -0.2) is 24.0 Å². The van der Waals surface area contributed by atoms with E-state index in [4.69, 9.17) is 10.5 Å². The third-order valence-electron chi connectivity index (χ3n) is 3.42. The fraction of sp³-hybridized carbons (Fsp3) is 0.750. The monoisotopic (exact) mass is 241 g/mol. The lowest BCUT2D eigenvalue weighted by atomic mass is 10.0. The molecule has 2 aliphatic rings. The summed E-state index contributed by atoms with van der Waals surface area (Å²) in [5.41, 5.74) is 7.13. The Morgan fingerprint density at radius 3 is 3.00 bits per heavy atom. The smallest absolute Gasteiger partial charge is 0.328 e. The third kappa shape index (κ3) is 2.61. The minimum absolute atomic E-state index is 0.246. The van der Waals surface area contributed by atoms with Gasteiger partial charge < -0.3 is 10.5 Å². The summed E-state index contributed by atoms with van der Waals surface area (Å²) < 4.78 is 5.41. The molecule has 2 aliphatic carbocycles. The number of carbonyl (C=O) groups excluding carboxylic acids is 1. The zero-order valence-electron chi connectivity index (χ0n) is 9.70. The highest BCUT2D eigenvalue weighted by molar-refractivity contribution is 7.98. The molecule has 0 radical (unpaired) electrons. The molecule has 1 fully saturated rings. The van der Waals surface area contributed by atoms with Crippen molar-refractivity contribution >= 4 is 17.7 Å². The summed E-state index contributed by atoms with van der Waals surface area (Å²) >= 11 is 1.70. The van der Waals surface area contributed by atoms with E-state index in [2.05, 4.69) is 0 Å². The minimum atomic E-state index is -0.459. The fourth-order valence-corrected chi connectivity index (χ4v) is 2.93. The standard InChI is InChI=1S/C12H19NO2S/c1-16-5-4-10(13)12(14)15-11-7-8-2-3-9(11)6-8/h8,10H,2-7,13H2,1H3/t8?,10-/m0/s1. The maximum absolute atomic E-state index is 11.7. The van der Waals surface area contributed by atoms with Gasteiger partial charge in [-0.3, -0.25) is 0 Å². The van der Waals surface area contributed by atoms with Crippen molar-refractivity contribution in [3.05, 3.63) is 11.3 Å². The highest BCUT2D eigenvalue weighted by Gasteiger charge is 2.33. The number of ether oxygens (including phenoxy) is 1. The fourth-order valence-electron chi connectivity index (χ4n) is 2.44. The van der Waals surface area contributed by atoms with Gasteiger partial charge in [0.25, 0.3) is 0 Å². The molecule has 0 heterocycles. The molecule has 0 aliphatic heterocycles. The molecule has 2 N–H and O–H groups in total. The normalized spacial score (nSPS) is 25.0. The van der Waals surface area contributed by atoms with Crippen molar-refractivity contribution < 1.29 is 9.53 Å². The Bertz CT molecular complexity index is 314. The Kier molecular flexibility index (Phi) is 3.92. The number of allylic oxidation sites excluding steroid dienone is 2. The van der Waals surface area contributed by atoms with Crippen LogP contribution in [-0.2, 0) is 9.53 Å².